The van der Waals surface area contributed by atoms with Crippen LogP contribution in [0.3, 0.4) is 0 Å². The lowest BCUT2D eigenvalue weighted by Gasteiger charge is -2.23. The first-order chi connectivity index (χ1) is 12.7. The lowest BCUT2D eigenvalue weighted by Crippen LogP contribution is -2.39. The summed E-state index contributed by atoms with van der Waals surface area (Å²) in [6.45, 7) is 8.52. The smallest absolute Gasteiger partial charge is 0.407 e. The molecule has 0 saturated heterocycles. The van der Waals surface area contributed by atoms with Crippen LogP contribution < -0.4 is 5.32 Å². The van der Waals surface area contributed by atoms with Gasteiger partial charge in [-0.1, -0.05) is 23.9 Å². The Morgan fingerprint density at radius 3 is 2.15 bits per heavy atom. The van der Waals surface area contributed by atoms with Gasteiger partial charge in [0.05, 0.1) is 13.1 Å². The fourth-order valence-corrected chi connectivity index (χ4v) is 4.43. The zero-order valence-electron chi connectivity index (χ0n) is 16.1. The molecule has 0 aromatic carbocycles. The lowest BCUT2D eigenvalue weighted by atomic mass is 10.2. The number of rotatable bonds is 7. The first-order valence-electron chi connectivity index (χ1n) is 8.69. The predicted molar refractivity (Wildman–Crippen MR) is 115 cm³/mol. The fraction of sp³-hybridized carbons (Fsp3) is 0.474. The van der Waals surface area contributed by atoms with E-state index in [9.17, 15) is 9.59 Å². The molecule has 148 valence electrons. The average molecular weight is 427 g/mol. The van der Waals surface area contributed by atoms with Crippen LogP contribution in [0, 0.1) is 0 Å². The second-order valence-corrected chi connectivity index (χ2v) is 10.2. The first kappa shape index (κ1) is 21.8. The summed E-state index contributed by atoms with van der Waals surface area (Å²) in [6.07, 6.45) is -0.461. The molecule has 0 fully saturated rings. The minimum atomic E-state index is -0.537. The van der Waals surface area contributed by atoms with Gasteiger partial charge in [0.2, 0.25) is 0 Å². The van der Waals surface area contributed by atoms with E-state index >= 15 is 0 Å². The van der Waals surface area contributed by atoms with Crippen LogP contribution in [0.2, 0.25) is 0 Å². The van der Waals surface area contributed by atoms with E-state index in [1.54, 1.807) is 22.7 Å². The third kappa shape index (κ3) is 8.36. The highest BCUT2D eigenvalue weighted by Gasteiger charge is 2.20. The second-order valence-electron chi connectivity index (χ2n) is 7.14. The maximum Gasteiger partial charge on any atom is 0.407 e. The number of carbonyl (C=O) groups excluding carboxylic acids is 2. The van der Waals surface area contributed by atoms with Crippen molar-refractivity contribution in [3.05, 3.63) is 44.8 Å². The molecule has 0 saturated carbocycles. The molecule has 2 aromatic rings. The summed E-state index contributed by atoms with van der Waals surface area (Å²) in [7, 11) is 0. The second kappa shape index (κ2) is 10.1. The van der Waals surface area contributed by atoms with Crippen molar-refractivity contribution in [2.45, 2.75) is 52.4 Å². The first-order valence-corrected chi connectivity index (χ1v) is 11.4. The largest absolute Gasteiger partial charge is 0.444 e. The molecular formula is C19H26N2O3S3. The average Bonchev–Trinajstić information content (AvgIpc) is 3.23. The third-order valence-electron chi connectivity index (χ3n) is 3.33. The molecular weight excluding hydrogens is 400 g/mol. The van der Waals surface area contributed by atoms with Gasteiger partial charge in [0.1, 0.15) is 5.60 Å². The van der Waals surface area contributed by atoms with Gasteiger partial charge in [0.15, 0.2) is 0 Å². The summed E-state index contributed by atoms with van der Waals surface area (Å²) in [5.74, 6) is 0.490. The van der Waals surface area contributed by atoms with Crippen LogP contribution >= 0.6 is 34.4 Å². The molecule has 8 heteroatoms. The summed E-state index contributed by atoms with van der Waals surface area (Å²) in [5, 5.41) is 6.82. The number of carbonyl (C=O) groups is 2. The van der Waals surface area contributed by atoms with E-state index in [-0.39, 0.29) is 11.3 Å². The van der Waals surface area contributed by atoms with Gasteiger partial charge < -0.3 is 15.0 Å². The van der Waals surface area contributed by atoms with Crippen LogP contribution in [0.15, 0.2) is 35.0 Å². The van der Waals surface area contributed by atoms with Gasteiger partial charge in [-0.05, 0) is 50.6 Å². The van der Waals surface area contributed by atoms with Gasteiger partial charge in [-0.25, -0.2) is 4.79 Å². The van der Waals surface area contributed by atoms with E-state index in [0.717, 1.165) is 9.75 Å². The quantitative estimate of drug-likeness (QED) is 0.628. The fourth-order valence-electron chi connectivity index (χ4n) is 2.20. The summed E-state index contributed by atoms with van der Waals surface area (Å²) < 4.78 is 5.25. The summed E-state index contributed by atoms with van der Waals surface area (Å²) >= 11 is 4.51. The molecule has 27 heavy (non-hydrogen) atoms. The summed E-state index contributed by atoms with van der Waals surface area (Å²) in [4.78, 5) is 28.8. The molecule has 0 radical (unpaired) electrons. The number of hydrogen-bond donors (Lipinski definition) is 1. The number of nitrogens with one attached hydrogen (secondary N) is 1. The van der Waals surface area contributed by atoms with E-state index in [1.807, 2.05) is 67.6 Å². The molecule has 2 aromatic heterocycles. The van der Waals surface area contributed by atoms with E-state index in [4.69, 9.17) is 4.74 Å². The number of thioether (sulfide) groups is 1. The molecule has 0 aliphatic carbocycles. The van der Waals surface area contributed by atoms with Crippen molar-refractivity contribution in [2.24, 2.45) is 0 Å². The Labute approximate surface area is 173 Å². The molecule has 0 aliphatic heterocycles. The number of alkyl carbamates (subject to hydrolysis) is 1. The maximum absolute atomic E-state index is 12.8. The van der Waals surface area contributed by atoms with Crippen molar-refractivity contribution in [2.75, 3.05) is 5.75 Å². The van der Waals surface area contributed by atoms with Crippen LogP contribution in [0.25, 0.3) is 0 Å². The Kier molecular flexibility index (Phi) is 8.19. The lowest BCUT2D eigenvalue weighted by molar-refractivity contribution is 0.0513. The zero-order chi connectivity index (χ0) is 19.9. The molecule has 5 nitrogen and oxygen atoms in total. The maximum atomic E-state index is 12.8. The van der Waals surface area contributed by atoms with Gasteiger partial charge in [-0.2, -0.15) is 0 Å². The Hall–Kier alpha value is -1.51. The van der Waals surface area contributed by atoms with E-state index in [2.05, 4.69) is 5.32 Å². The highest BCUT2D eigenvalue weighted by Crippen LogP contribution is 2.21. The number of nitrogens with zero attached hydrogens (tertiary/aromatic N) is 1. The van der Waals surface area contributed by atoms with Gasteiger partial charge in [-0.15, -0.1) is 22.7 Å². The van der Waals surface area contributed by atoms with Crippen molar-refractivity contribution >= 4 is 45.8 Å². The number of thiophene rings is 2. The van der Waals surface area contributed by atoms with Crippen LogP contribution in [0.5, 0.6) is 0 Å². The minimum absolute atomic E-state index is 0.00892. The molecule has 0 spiro atoms. The summed E-state index contributed by atoms with van der Waals surface area (Å²) in [5.41, 5.74) is -0.537. The Morgan fingerprint density at radius 1 is 1.15 bits per heavy atom. The SMILES string of the molecule is C[C@@H](CSC(=O)N(Cc1cccs1)Cc1cccs1)NC(=O)OC(C)(C)C. The van der Waals surface area contributed by atoms with Gasteiger partial charge in [-0.3, -0.25) is 4.79 Å². The molecule has 0 aliphatic rings. The minimum Gasteiger partial charge on any atom is -0.444 e. The van der Waals surface area contributed by atoms with E-state index < -0.39 is 11.7 Å². The number of amides is 2. The van der Waals surface area contributed by atoms with Crippen molar-refractivity contribution in [1.82, 2.24) is 10.2 Å². The highest BCUT2D eigenvalue weighted by molar-refractivity contribution is 8.13. The summed E-state index contributed by atoms with van der Waals surface area (Å²) in [6, 6.07) is 7.90. The van der Waals surface area contributed by atoms with Gasteiger partial charge in [0.25, 0.3) is 5.24 Å². The van der Waals surface area contributed by atoms with Gasteiger partial charge in [0, 0.05) is 21.5 Å². The number of hydrogen-bond acceptors (Lipinski definition) is 6. The highest BCUT2D eigenvalue weighted by atomic mass is 32.2. The predicted octanol–water partition coefficient (Wildman–Crippen LogP) is 5.58. The van der Waals surface area contributed by atoms with Gasteiger partial charge >= 0.3 is 6.09 Å². The Morgan fingerprint density at radius 2 is 1.70 bits per heavy atom. The topological polar surface area (TPSA) is 58.6 Å². The zero-order valence-corrected chi connectivity index (χ0v) is 18.5. The Balaban J connectivity index is 1.87. The van der Waals surface area contributed by atoms with Crippen LogP contribution in [0.4, 0.5) is 9.59 Å². The molecule has 2 amide bonds. The van der Waals surface area contributed by atoms with Crippen molar-refractivity contribution in [3.8, 4) is 0 Å². The molecule has 1 atom stereocenters. The molecule has 2 rings (SSSR count). The van der Waals surface area contributed by atoms with Crippen LogP contribution in [-0.2, 0) is 17.8 Å². The standard InChI is InChI=1S/C19H26N2O3S3/c1-14(20-17(22)24-19(2,3)4)13-27-18(23)21(11-15-7-5-9-25-15)12-16-8-6-10-26-16/h5-10,14H,11-13H2,1-4H3,(H,20,22)/t14-/m0/s1. The molecule has 1 N–H and O–H groups in total. The van der Waals surface area contributed by atoms with Crippen LogP contribution in [-0.4, -0.2) is 33.6 Å². The molecule has 2 heterocycles. The van der Waals surface area contributed by atoms with Crippen molar-refractivity contribution in [3.63, 3.8) is 0 Å². The van der Waals surface area contributed by atoms with Crippen LogP contribution in [0.1, 0.15) is 37.4 Å². The molecule has 0 bridgehead atoms. The van der Waals surface area contributed by atoms with E-state index in [1.165, 1.54) is 11.8 Å². The third-order valence-corrected chi connectivity index (χ3v) is 6.23. The van der Waals surface area contributed by atoms with E-state index in [0.29, 0.717) is 18.8 Å². The number of ether oxygens (including phenoxy) is 1. The normalized spacial score (nSPS) is 12.4. The molecule has 0 unspecified atom stereocenters. The monoisotopic (exact) mass is 426 g/mol. The van der Waals surface area contributed by atoms with Crippen molar-refractivity contribution in [1.29, 1.82) is 0 Å². The Bertz CT molecular complexity index is 673. The van der Waals surface area contributed by atoms with Crippen molar-refractivity contribution < 1.29 is 14.3 Å².